The van der Waals surface area contributed by atoms with E-state index in [0.717, 1.165) is 44.2 Å². The highest BCUT2D eigenvalue weighted by atomic mass is 19.4. The fourth-order valence-electron chi connectivity index (χ4n) is 7.22. The van der Waals surface area contributed by atoms with Crippen molar-refractivity contribution < 1.29 is 32.3 Å². The van der Waals surface area contributed by atoms with Gasteiger partial charge in [0.2, 0.25) is 0 Å². The number of likely N-dealkylation sites (N-methyl/N-ethyl adjacent to an activating group) is 1. The van der Waals surface area contributed by atoms with Crippen LogP contribution in [-0.2, 0) is 15.7 Å². The van der Waals surface area contributed by atoms with Gasteiger partial charge in [0, 0.05) is 43.3 Å². The van der Waals surface area contributed by atoms with Crippen LogP contribution in [0.5, 0.6) is 0 Å². The van der Waals surface area contributed by atoms with Crippen LogP contribution in [0, 0.1) is 5.92 Å². The zero-order chi connectivity index (χ0) is 31.2. The van der Waals surface area contributed by atoms with Crippen LogP contribution in [0.3, 0.4) is 0 Å². The molecule has 238 valence electrons. The van der Waals surface area contributed by atoms with E-state index in [2.05, 4.69) is 10.6 Å². The first-order valence-corrected chi connectivity index (χ1v) is 15.6. The Kier molecular flexibility index (Phi) is 8.44. The molecule has 10 nitrogen and oxygen atoms in total. The summed E-state index contributed by atoms with van der Waals surface area (Å²) >= 11 is 0. The summed E-state index contributed by atoms with van der Waals surface area (Å²) in [4.78, 5) is 45.5. The minimum atomic E-state index is -4.62. The number of fused-ring (bicyclic) bond motifs is 1. The molecule has 1 aromatic heterocycles. The molecule has 1 aromatic carbocycles. The van der Waals surface area contributed by atoms with E-state index >= 15 is 0 Å². The molecule has 0 spiro atoms. The number of nitrogens with zero attached hydrogens (tertiary/aromatic N) is 4. The molecule has 4 aliphatic rings. The van der Waals surface area contributed by atoms with Gasteiger partial charge in [0.15, 0.2) is 5.69 Å². The fraction of sp³-hybridized carbons (Fsp3) is 0.613. The van der Waals surface area contributed by atoms with Crippen LogP contribution in [0.25, 0.3) is 0 Å². The summed E-state index contributed by atoms with van der Waals surface area (Å²) in [5, 5.41) is 11.0. The molecule has 0 unspecified atom stereocenters. The van der Waals surface area contributed by atoms with Crippen molar-refractivity contribution in [2.75, 3.05) is 38.3 Å². The Bertz CT molecular complexity index is 1420. The van der Waals surface area contributed by atoms with Crippen molar-refractivity contribution >= 4 is 23.5 Å². The van der Waals surface area contributed by atoms with Crippen LogP contribution in [-0.4, -0.2) is 78.0 Å². The minimum absolute atomic E-state index is 0.001000. The molecule has 1 saturated carbocycles. The quantitative estimate of drug-likeness (QED) is 0.486. The number of nitrogens with one attached hydrogen (secondary N) is 2. The van der Waals surface area contributed by atoms with Crippen molar-refractivity contribution in [1.29, 1.82) is 0 Å². The number of amides is 3. The second-order valence-electron chi connectivity index (χ2n) is 12.1. The molecule has 4 heterocycles. The highest BCUT2D eigenvalue weighted by molar-refractivity contribution is 6.07. The monoisotopic (exact) mass is 616 g/mol. The Morgan fingerprint density at radius 2 is 1.84 bits per heavy atom. The zero-order valence-corrected chi connectivity index (χ0v) is 25.0. The van der Waals surface area contributed by atoms with Gasteiger partial charge in [-0.15, -0.1) is 0 Å². The lowest BCUT2D eigenvalue weighted by atomic mass is 9.68. The third-order valence-corrected chi connectivity index (χ3v) is 9.70. The van der Waals surface area contributed by atoms with Crippen LogP contribution in [0.2, 0.25) is 0 Å². The van der Waals surface area contributed by atoms with E-state index < -0.39 is 29.6 Å². The Balaban J connectivity index is 1.46. The van der Waals surface area contributed by atoms with Gasteiger partial charge in [-0.1, -0.05) is 12.5 Å². The van der Waals surface area contributed by atoms with Crippen LogP contribution in [0.1, 0.15) is 95.8 Å². The predicted molar refractivity (Wildman–Crippen MR) is 155 cm³/mol. The maximum Gasteiger partial charge on any atom is 0.416 e. The second kappa shape index (κ2) is 12.2. The molecule has 13 heteroatoms. The standard InChI is InChI=1S/C31H39F3N6O4/c1-3-38-28-24(26(30(43)39-14-6-11-22(39)35-2)37-40(28)21-12-15-44-16-13-21)23(18-7-4-8-18)25(29(38)42)36-27(41)19-9-5-10-20(17-19)31(32,33)34/h5,9-10,17-18,21-23,25,35H,3-4,6-8,11-16H2,1-2H3,(H,36,41)/t22-,23-,25-/m0/s1. The molecule has 0 bridgehead atoms. The summed E-state index contributed by atoms with van der Waals surface area (Å²) < 4.78 is 47.8. The van der Waals surface area contributed by atoms with Gasteiger partial charge in [-0.2, -0.15) is 18.3 Å². The number of hydrogen-bond donors (Lipinski definition) is 2. The van der Waals surface area contributed by atoms with Crippen LogP contribution < -0.4 is 15.5 Å². The van der Waals surface area contributed by atoms with E-state index in [0.29, 0.717) is 44.0 Å². The van der Waals surface area contributed by atoms with Crippen molar-refractivity contribution in [2.45, 2.75) is 82.2 Å². The molecule has 3 aliphatic heterocycles. The number of hydrogen-bond acceptors (Lipinski definition) is 6. The average Bonchev–Trinajstić information content (AvgIpc) is 3.63. The third kappa shape index (κ3) is 5.38. The molecule has 2 aromatic rings. The molecule has 0 radical (unpaired) electrons. The molecule has 2 N–H and O–H groups in total. The number of carbonyl (C=O) groups is 3. The third-order valence-electron chi connectivity index (χ3n) is 9.70. The first-order chi connectivity index (χ1) is 21.1. The number of benzene rings is 1. The Hall–Kier alpha value is -3.45. The van der Waals surface area contributed by atoms with Crippen molar-refractivity contribution in [3.63, 3.8) is 0 Å². The van der Waals surface area contributed by atoms with Crippen molar-refractivity contribution in [1.82, 2.24) is 25.3 Å². The lowest BCUT2D eigenvalue weighted by molar-refractivity contribution is -0.137. The zero-order valence-electron chi connectivity index (χ0n) is 25.0. The van der Waals surface area contributed by atoms with Gasteiger partial charge >= 0.3 is 6.18 Å². The summed E-state index contributed by atoms with van der Waals surface area (Å²) in [5.74, 6) is -1.29. The SMILES string of the molecule is CCN1C(=O)[C@@H](NC(=O)c2cccc(C(F)(F)F)c2)[C@@H](C2CCC2)c2c(C(=O)N3CCC[C@H]3NC)nn(C3CCOCC3)c21. The lowest BCUT2D eigenvalue weighted by Gasteiger charge is -2.44. The van der Waals surface area contributed by atoms with Crippen LogP contribution >= 0.6 is 0 Å². The van der Waals surface area contributed by atoms with Gasteiger partial charge in [0.25, 0.3) is 17.7 Å². The highest BCUT2D eigenvalue weighted by Gasteiger charge is 2.51. The molecular weight excluding hydrogens is 577 g/mol. The Labute approximate surface area is 254 Å². The van der Waals surface area contributed by atoms with Crippen molar-refractivity contribution in [2.24, 2.45) is 5.92 Å². The maximum absolute atomic E-state index is 14.3. The molecule has 3 fully saturated rings. The van der Waals surface area contributed by atoms with E-state index in [1.54, 1.807) is 9.80 Å². The fourth-order valence-corrected chi connectivity index (χ4v) is 7.22. The largest absolute Gasteiger partial charge is 0.416 e. The van der Waals surface area contributed by atoms with Gasteiger partial charge < -0.3 is 20.3 Å². The van der Waals surface area contributed by atoms with Gasteiger partial charge in [-0.3, -0.25) is 19.3 Å². The number of carbonyl (C=O) groups excluding carboxylic acids is 3. The number of rotatable bonds is 7. The average molecular weight is 617 g/mol. The molecule has 2 saturated heterocycles. The van der Waals surface area contributed by atoms with Crippen LogP contribution in [0.15, 0.2) is 24.3 Å². The summed E-state index contributed by atoms with van der Waals surface area (Å²) in [6.45, 7) is 3.75. The van der Waals surface area contributed by atoms with E-state index in [1.807, 2.05) is 18.7 Å². The van der Waals surface area contributed by atoms with Gasteiger partial charge in [0.05, 0.1) is 17.8 Å². The number of ether oxygens (including phenoxy) is 1. The summed E-state index contributed by atoms with van der Waals surface area (Å²) in [6.07, 6.45) is 0.818. The van der Waals surface area contributed by atoms with Gasteiger partial charge in [-0.25, -0.2) is 4.68 Å². The number of anilines is 1. The number of aromatic nitrogens is 2. The molecule has 3 atom stereocenters. The predicted octanol–water partition coefficient (Wildman–Crippen LogP) is 4.08. The Morgan fingerprint density at radius 1 is 1.09 bits per heavy atom. The van der Waals surface area contributed by atoms with E-state index in [4.69, 9.17) is 9.84 Å². The Morgan fingerprint density at radius 3 is 2.48 bits per heavy atom. The molecule has 1 aliphatic carbocycles. The first-order valence-electron chi connectivity index (χ1n) is 15.6. The van der Waals surface area contributed by atoms with E-state index in [9.17, 15) is 27.6 Å². The first kappa shape index (κ1) is 30.6. The molecule has 6 rings (SSSR count). The van der Waals surface area contributed by atoms with E-state index in [-0.39, 0.29) is 47.7 Å². The molecular formula is C31H39F3N6O4. The smallest absolute Gasteiger partial charge is 0.381 e. The topological polar surface area (TPSA) is 109 Å². The normalized spacial score (nSPS) is 24.8. The summed E-state index contributed by atoms with van der Waals surface area (Å²) in [6, 6.07) is 3.06. The highest BCUT2D eigenvalue weighted by Crippen LogP contribution is 2.50. The van der Waals surface area contributed by atoms with E-state index in [1.165, 1.54) is 12.1 Å². The second-order valence-corrected chi connectivity index (χ2v) is 12.1. The van der Waals surface area contributed by atoms with Gasteiger partial charge in [0.1, 0.15) is 11.9 Å². The van der Waals surface area contributed by atoms with Crippen molar-refractivity contribution in [3.8, 4) is 0 Å². The lowest BCUT2D eigenvalue weighted by Crippen LogP contribution is -2.57. The number of alkyl halides is 3. The number of likely N-dealkylation sites (tertiary alicyclic amines) is 1. The minimum Gasteiger partial charge on any atom is -0.381 e. The van der Waals surface area contributed by atoms with Gasteiger partial charge in [-0.05, 0) is 76.6 Å². The summed E-state index contributed by atoms with van der Waals surface area (Å²) in [5.41, 5.74) is -0.182. The maximum atomic E-state index is 14.3. The number of halogens is 3. The molecule has 44 heavy (non-hydrogen) atoms. The van der Waals surface area contributed by atoms with Crippen LogP contribution in [0.4, 0.5) is 19.0 Å². The summed E-state index contributed by atoms with van der Waals surface area (Å²) in [7, 11) is 1.82. The molecule has 3 amide bonds. The van der Waals surface area contributed by atoms with Crippen molar-refractivity contribution in [3.05, 3.63) is 46.6 Å².